The first-order valence-corrected chi connectivity index (χ1v) is 4.33. The van der Waals surface area contributed by atoms with Crippen LogP contribution in [0.1, 0.15) is 12.5 Å². The molecule has 0 amide bonds. The second-order valence-corrected chi connectivity index (χ2v) is 3.49. The van der Waals surface area contributed by atoms with Crippen molar-refractivity contribution in [2.24, 2.45) is 0 Å². The minimum absolute atomic E-state index is 0.103. The zero-order chi connectivity index (χ0) is 9.42. The van der Waals surface area contributed by atoms with Gasteiger partial charge in [0.15, 0.2) is 0 Å². The van der Waals surface area contributed by atoms with Crippen molar-refractivity contribution in [1.82, 2.24) is 0 Å². The number of halogens is 2. The molecule has 68 valence electrons. The van der Waals surface area contributed by atoms with E-state index in [0.29, 0.717) is 12.4 Å². The second kappa shape index (κ2) is 3.04. The molecule has 3 heteroatoms. The molecule has 0 saturated heterocycles. The molecule has 0 atom stereocenters. The van der Waals surface area contributed by atoms with Gasteiger partial charge in [-0.05, 0) is 24.6 Å². The number of benzene rings is 1. The molecule has 0 saturated carbocycles. The lowest BCUT2D eigenvalue weighted by Crippen LogP contribution is -2.05. The van der Waals surface area contributed by atoms with E-state index < -0.39 is 5.82 Å². The first kappa shape index (κ1) is 8.57. The Kier molecular flexibility index (Phi) is 2.00. The van der Waals surface area contributed by atoms with Gasteiger partial charge in [-0.25, -0.2) is 4.39 Å². The second-order valence-electron chi connectivity index (χ2n) is 3.08. The Bertz CT molecular complexity index is 385. The van der Waals surface area contributed by atoms with E-state index in [-0.39, 0.29) is 5.02 Å². The van der Waals surface area contributed by atoms with E-state index in [9.17, 15) is 4.39 Å². The minimum Gasteiger partial charge on any atom is -0.489 e. The molecular formula is C10H8ClFO. The molecule has 0 aliphatic carbocycles. The predicted octanol–water partition coefficient (Wildman–Crippen LogP) is 3.27. The largest absolute Gasteiger partial charge is 0.489 e. The first-order valence-electron chi connectivity index (χ1n) is 3.96. The van der Waals surface area contributed by atoms with Crippen LogP contribution in [0.25, 0.3) is 6.08 Å². The van der Waals surface area contributed by atoms with Gasteiger partial charge in [-0.1, -0.05) is 11.6 Å². The minimum atomic E-state index is -0.407. The Labute approximate surface area is 80.8 Å². The van der Waals surface area contributed by atoms with Crippen LogP contribution in [-0.4, -0.2) is 6.61 Å². The molecule has 13 heavy (non-hydrogen) atoms. The van der Waals surface area contributed by atoms with Crippen molar-refractivity contribution in [2.75, 3.05) is 6.61 Å². The van der Waals surface area contributed by atoms with Gasteiger partial charge in [-0.2, -0.15) is 0 Å². The van der Waals surface area contributed by atoms with Crippen LogP contribution in [-0.2, 0) is 0 Å². The summed E-state index contributed by atoms with van der Waals surface area (Å²) in [5, 5.41) is 0.103. The molecule has 0 aromatic heterocycles. The van der Waals surface area contributed by atoms with Gasteiger partial charge in [-0.3, -0.25) is 0 Å². The van der Waals surface area contributed by atoms with Gasteiger partial charge in [0.05, 0.1) is 5.02 Å². The van der Waals surface area contributed by atoms with Crippen LogP contribution in [0.15, 0.2) is 17.7 Å². The SMILES string of the molecule is CC1=Cc2cc(F)c(Cl)cc2OC1. The summed E-state index contributed by atoms with van der Waals surface area (Å²) in [7, 11) is 0. The van der Waals surface area contributed by atoms with Crippen LogP contribution in [0.4, 0.5) is 4.39 Å². The number of hydrogen-bond acceptors (Lipinski definition) is 1. The summed E-state index contributed by atoms with van der Waals surface area (Å²) in [4.78, 5) is 0. The molecule has 0 N–H and O–H groups in total. The standard InChI is InChI=1S/C10H8ClFO/c1-6-2-7-3-9(12)8(11)4-10(7)13-5-6/h2-4H,5H2,1H3. The van der Waals surface area contributed by atoms with Gasteiger partial charge >= 0.3 is 0 Å². The molecule has 0 bridgehead atoms. The Balaban J connectivity index is 2.57. The smallest absolute Gasteiger partial charge is 0.142 e. The number of rotatable bonds is 0. The van der Waals surface area contributed by atoms with Crippen LogP contribution < -0.4 is 4.74 Å². The van der Waals surface area contributed by atoms with Gasteiger partial charge < -0.3 is 4.74 Å². The normalized spacial score (nSPS) is 14.5. The third-order valence-corrected chi connectivity index (χ3v) is 2.20. The molecule has 1 aliphatic heterocycles. The van der Waals surface area contributed by atoms with E-state index >= 15 is 0 Å². The molecule has 2 rings (SSSR count). The molecule has 0 fully saturated rings. The van der Waals surface area contributed by atoms with Crippen LogP contribution >= 0.6 is 11.6 Å². The molecule has 1 aliphatic rings. The van der Waals surface area contributed by atoms with E-state index in [0.717, 1.165) is 11.1 Å². The predicted molar refractivity (Wildman–Crippen MR) is 50.6 cm³/mol. The maximum Gasteiger partial charge on any atom is 0.142 e. The summed E-state index contributed by atoms with van der Waals surface area (Å²) >= 11 is 5.61. The zero-order valence-electron chi connectivity index (χ0n) is 7.10. The Morgan fingerprint density at radius 3 is 3.00 bits per heavy atom. The fraction of sp³-hybridized carbons (Fsp3) is 0.200. The topological polar surface area (TPSA) is 9.23 Å². The molecule has 0 spiro atoms. The quantitative estimate of drug-likeness (QED) is 0.622. The highest BCUT2D eigenvalue weighted by Gasteiger charge is 2.12. The maximum absolute atomic E-state index is 13.0. The van der Waals surface area contributed by atoms with Crippen molar-refractivity contribution in [3.05, 3.63) is 34.1 Å². The van der Waals surface area contributed by atoms with Gasteiger partial charge in [0.2, 0.25) is 0 Å². The van der Waals surface area contributed by atoms with Gasteiger partial charge in [0.1, 0.15) is 18.2 Å². The van der Waals surface area contributed by atoms with Crippen molar-refractivity contribution in [3.63, 3.8) is 0 Å². The molecule has 1 aromatic carbocycles. The number of ether oxygens (including phenoxy) is 1. The highest BCUT2D eigenvalue weighted by molar-refractivity contribution is 6.30. The lowest BCUT2D eigenvalue weighted by Gasteiger charge is -2.15. The van der Waals surface area contributed by atoms with E-state index in [1.54, 1.807) is 0 Å². The van der Waals surface area contributed by atoms with E-state index in [4.69, 9.17) is 16.3 Å². The maximum atomic E-state index is 13.0. The first-order chi connectivity index (χ1) is 6.16. The molecule has 0 unspecified atom stereocenters. The van der Waals surface area contributed by atoms with Gasteiger partial charge in [0.25, 0.3) is 0 Å². The molecule has 1 heterocycles. The fourth-order valence-corrected chi connectivity index (χ4v) is 1.43. The van der Waals surface area contributed by atoms with Crippen LogP contribution in [0.3, 0.4) is 0 Å². The van der Waals surface area contributed by atoms with Gasteiger partial charge in [-0.15, -0.1) is 0 Å². The third-order valence-electron chi connectivity index (χ3n) is 1.91. The van der Waals surface area contributed by atoms with Crippen molar-refractivity contribution >= 4 is 17.7 Å². The monoisotopic (exact) mass is 198 g/mol. The fourth-order valence-electron chi connectivity index (χ4n) is 1.28. The van der Waals surface area contributed by atoms with Crippen molar-refractivity contribution in [2.45, 2.75) is 6.92 Å². The van der Waals surface area contributed by atoms with Crippen molar-refractivity contribution in [3.8, 4) is 5.75 Å². The van der Waals surface area contributed by atoms with Gasteiger partial charge in [0, 0.05) is 11.6 Å². The third kappa shape index (κ3) is 1.54. The molecular weight excluding hydrogens is 191 g/mol. The zero-order valence-corrected chi connectivity index (χ0v) is 7.86. The van der Waals surface area contributed by atoms with Crippen LogP contribution in [0.2, 0.25) is 5.02 Å². The van der Waals surface area contributed by atoms with E-state index in [1.165, 1.54) is 12.1 Å². The average molecular weight is 199 g/mol. The summed E-state index contributed by atoms with van der Waals surface area (Å²) in [5.74, 6) is 0.243. The Morgan fingerprint density at radius 1 is 1.46 bits per heavy atom. The summed E-state index contributed by atoms with van der Waals surface area (Å²) in [6.45, 7) is 2.49. The highest BCUT2D eigenvalue weighted by atomic mass is 35.5. The molecule has 1 nitrogen and oxygen atoms in total. The summed E-state index contributed by atoms with van der Waals surface area (Å²) in [5.41, 5.74) is 1.83. The average Bonchev–Trinajstić information content (AvgIpc) is 2.08. The lowest BCUT2D eigenvalue weighted by molar-refractivity contribution is 0.347. The summed E-state index contributed by atoms with van der Waals surface area (Å²) < 4.78 is 18.4. The Morgan fingerprint density at radius 2 is 2.23 bits per heavy atom. The Hall–Kier alpha value is -1.02. The van der Waals surface area contributed by atoms with Crippen LogP contribution in [0.5, 0.6) is 5.75 Å². The van der Waals surface area contributed by atoms with E-state index in [2.05, 4.69) is 0 Å². The number of fused-ring (bicyclic) bond motifs is 1. The lowest BCUT2D eigenvalue weighted by atomic mass is 10.1. The number of hydrogen-bond donors (Lipinski definition) is 0. The van der Waals surface area contributed by atoms with Crippen LogP contribution in [0, 0.1) is 5.82 Å². The summed E-state index contributed by atoms with van der Waals surface area (Å²) in [6, 6.07) is 2.90. The van der Waals surface area contributed by atoms with Crippen molar-refractivity contribution in [1.29, 1.82) is 0 Å². The summed E-state index contributed by atoms with van der Waals surface area (Å²) in [6.07, 6.45) is 1.90. The van der Waals surface area contributed by atoms with E-state index in [1.807, 2.05) is 13.0 Å². The highest BCUT2D eigenvalue weighted by Crippen LogP contribution is 2.30. The molecule has 1 aromatic rings. The molecule has 0 radical (unpaired) electrons. The van der Waals surface area contributed by atoms with Crippen molar-refractivity contribution < 1.29 is 9.13 Å².